The van der Waals surface area contributed by atoms with Crippen LogP contribution in [0.25, 0.3) is 0 Å². The predicted molar refractivity (Wildman–Crippen MR) is 62.2 cm³/mol. The minimum atomic E-state index is -0.107. The van der Waals surface area contributed by atoms with Gasteiger partial charge in [-0.2, -0.15) is 0 Å². The molecule has 1 rings (SSSR count). The Morgan fingerprint density at radius 3 is 2.80 bits per heavy atom. The summed E-state index contributed by atoms with van der Waals surface area (Å²) >= 11 is 11.7. The Labute approximate surface area is 98.5 Å². The van der Waals surface area contributed by atoms with Crippen LogP contribution in [0.2, 0.25) is 10.0 Å². The van der Waals surface area contributed by atoms with E-state index in [1.165, 1.54) is 0 Å². The van der Waals surface area contributed by atoms with Crippen LogP contribution in [0.3, 0.4) is 0 Å². The van der Waals surface area contributed by atoms with Gasteiger partial charge in [0.2, 0.25) is 5.91 Å². The van der Waals surface area contributed by atoms with Crippen LogP contribution in [-0.2, 0) is 11.2 Å². The molecule has 0 radical (unpaired) electrons. The Morgan fingerprint density at radius 1 is 1.40 bits per heavy atom. The Morgan fingerprint density at radius 2 is 2.13 bits per heavy atom. The van der Waals surface area contributed by atoms with Crippen LogP contribution in [-0.4, -0.2) is 19.0 Å². The number of amides is 1. The normalized spacial score (nSPS) is 10.1. The fraction of sp³-hybridized carbons (Fsp3) is 0.300. The quantitative estimate of drug-likeness (QED) is 0.849. The van der Waals surface area contributed by atoms with Gasteiger partial charge in [-0.05, 0) is 23.8 Å². The van der Waals surface area contributed by atoms with E-state index in [1.807, 2.05) is 0 Å². The molecule has 3 nitrogen and oxygen atoms in total. The zero-order chi connectivity index (χ0) is 11.3. The summed E-state index contributed by atoms with van der Waals surface area (Å²) in [4.78, 5) is 11.4. The Bertz CT molecular complexity index is 355. The lowest BCUT2D eigenvalue weighted by molar-refractivity contribution is -0.120. The smallest absolute Gasteiger partial charge is 0.224 e. The van der Waals surface area contributed by atoms with Crippen molar-refractivity contribution in [3.05, 3.63) is 33.8 Å². The summed E-state index contributed by atoms with van der Waals surface area (Å²) in [6.07, 6.45) is 0.222. The highest BCUT2D eigenvalue weighted by atomic mass is 35.5. The summed E-state index contributed by atoms with van der Waals surface area (Å²) < 4.78 is 0. The minimum absolute atomic E-state index is 0.107. The topological polar surface area (TPSA) is 55.1 Å². The van der Waals surface area contributed by atoms with Gasteiger partial charge in [0.15, 0.2) is 0 Å². The van der Waals surface area contributed by atoms with Crippen LogP contribution in [0.4, 0.5) is 0 Å². The maximum absolute atomic E-state index is 11.4. The molecule has 1 aromatic carbocycles. The molecule has 0 saturated carbocycles. The van der Waals surface area contributed by atoms with Crippen LogP contribution in [0, 0.1) is 0 Å². The first-order valence-corrected chi connectivity index (χ1v) is 5.29. The highest BCUT2D eigenvalue weighted by Crippen LogP contribution is 2.20. The molecule has 1 amide bonds. The number of hydrogen-bond acceptors (Lipinski definition) is 2. The number of hydrogen-bond donors (Lipinski definition) is 2. The van der Waals surface area contributed by atoms with Crippen molar-refractivity contribution in [3.8, 4) is 0 Å². The third kappa shape index (κ3) is 4.08. The highest BCUT2D eigenvalue weighted by Gasteiger charge is 2.06. The molecule has 0 unspecified atom stereocenters. The van der Waals surface area contributed by atoms with E-state index in [1.54, 1.807) is 18.2 Å². The van der Waals surface area contributed by atoms with E-state index >= 15 is 0 Å². The average Bonchev–Trinajstić information content (AvgIpc) is 2.20. The third-order valence-corrected chi connectivity index (χ3v) is 2.43. The maximum Gasteiger partial charge on any atom is 0.224 e. The van der Waals surface area contributed by atoms with Gasteiger partial charge in [0.05, 0.1) is 6.42 Å². The summed E-state index contributed by atoms with van der Waals surface area (Å²) in [6.45, 7) is 0.895. The second-order valence-electron chi connectivity index (χ2n) is 3.05. The van der Waals surface area contributed by atoms with Crippen LogP contribution in [0.5, 0.6) is 0 Å². The molecule has 0 fully saturated rings. The van der Waals surface area contributed by atoms with Crippen molar-refractivity contribution in [2.75, 3.05) is 13.1 Å². The van der Waals surface area contributed by atoms with Gasteiger partial charge in [-0.3, -0.25) is 4.79 Å². The molecule has 0 aliphatic rings. The molecule has 0 aromatic heterocycles. The first-order valence-electron chi connectivity index (χ1n) is 4.54. The monoisotopic (exact) mass is 246 g/mol. The lowest BCUT2D eigenvalue weighted by atomic mass is 10.1. The zero-order valence-electron chi connectivity index (χ0n) is 8.09. The van der Waals surface area contributed by atoms with Crippen molar-refractivity contribution in [2.45, 2.75) is 6.42 Å². The molecule has 0 aliphatic carbocycles. The standard InChI is InChI=1S/C10H12Cl2N2O/c11-8-1-2-9(12)7(5-8)6-10(15)14-4-3-13/h1-2,5H,3-4,6,13H2,(H,14,15). The maximum atomic E-state index is 11.4. The van der Waals surface area contributed by atoms with Crippen molar-refractivity contribution in [2.24, 2.45) is 5.73 Å². The molecule has 0 aliphatic heterocycles. The molecule has 0 spiro atoms. The van der Waals surface area contributed by atoms with Gasteiger partial charge >= 0.3 is 0 Å². The molecule has 0 atom stereocenters. The highest BCUT2D eigenvalue weighted by molar-refractivity contribution is 6.33. The summed E-state index contributed by atoms with van der Waals surface area (Å²) in [6, 6.07) is 5.05. The van der Waals surface area contributed by atoms with Gasteiger partial charge in [-0.1, -0.05) is 23.2 Å². The number of halogens is 2. The van der Waals surface area contributed by atoms with Crippen molar-refractivity contribution in [1.82, 2.24) is 5.32 Å². The van der Waals surface area contributed by atoms with E-state index in [0.29, 0.717) is 23.1 Å². The van der Waals surface area contributed by atoms with E-state index in [2.05, 4.69) is 5.32 Å². The molecular weight excluding hydrogens is 235 g/mol. The summed E-state index contributed by atoms with van der Waals surface area (Å²) in [5.41, 5.74) is 5.98. The summed E-state index contributed by atoms with van der Waals surface area (Å²) in [5.74, 6) is -0.107. The van der Waals surface area contributed by atoms with E-state index < -0.39 is 0 Å². The second-order valence-corrected chi connectivity index (χ2v) is 3.89. The number of rotatable bonds is 4. The molecule has 82 valence electrons. The first kappa shape index (κ1) is 12.3. The fourth-order valence-electron chi connectivity index (χ4n) is 1.13. The van der Waals surface area contributed by atoms with Gasteiger partial charge in [-0.15, -0.1) is 0 Å². The minimum Gasteiger partial charge on any atom is -0.355 e. The van der Waals surface area contributed by atoms with Gasteiger partial charge < -0.3 is 11.1 Å². The summed E-state index contributed by atoms with van der Waals surface area (Å²) in [7, 11) is 0. The number of carbonyl (C=O) groups excluding carboxylic acids is 1. The molecule has 0 heterocycles. The van der Waals surface area contributed by atoms with Crippen molar-refractivity contribution >= 4 is 29.1 Å². The first-order chi connectivity index (χ1) is 7.13. The third-order valence-electron chi connectivity index (χ3n) is 1.83. The Kier molecular flexibility index (Phi) is 4.88. The summed E-state index contributed by atoms with van der Waals surface area (Å²) in [5, 5.41) is 3.78. The SMILES string of the molecule is NCCNC(=O)Cc1cc(Cl)ccc1Cl. The molecule has 3 N–H and O–H groups in total. The zero-order valence-corrected chi connectivity index (χ0v) is 9.61. The number of carbonyl (C=O) groups is 1. The van der Waals surface area contributed by atoms with E-state index in [4.69, 9.17) is 28.9 Å². The molecule has 15 heavy (non-hydrogen) atoms. The van der Waals surface area contributed by atoms with Crippen LogP contribution < -0.4 is 11.1 Å². The van der Waals surface area contributed by atoms with Crippen molar-refractivity contribution in [1.29, 1.82) is 0 Å². The van der Waals surface area contributed by atoms with Crippen molar-refractivity contribution < 1.29 is 4.79 Å². The Balaban J connectivity index is 2.63. The fourth-order valence-corrected chi connectivity index (χ4v) is 1.50. The average molecular weight is 247 g/mol. The van der Waals surface area contributed by atoms with Crippen LogP contribution >= 0.6 is 23.2 Å². The number of nitrogens with one attached hydrogen (secondary N) is 1. The lowest BCUT2D eigenvalue weighted by Gasteiger charge is -2.05. The Hall–Kier alpha value is -0.770. The van der Waals surface area contributed by atoms with Gasteiger partial charge in [0.1, 0.15) is 0 Å². The molecule has 0 saturated heterocycles. The largest absolute Gasteiger partial charge is 0.355 e. The van der Waals surface area contributed by atoms with Crippen molar-refractivity contribution in [3.63, 3.8) is 0 Å². The van der Waals surface area contributed by atoms with E-state index in [-0.39, 0.29) is 12.3 Å². The molecule has 1 aromatic rings. The van der Waals surface area contributed by atoms with Crippen LogP contribution in [0.1, 0.15) is 5.56 Å². The van der Waals surface area contributed by atoms with Gasteiger partial charge in [0, 0.05) is 23.1 Å². The van der Waals surface area contributed by atoms with Gasteiger partial charge in [-0.25, -0.2) is 0 Å². The molecular formula is C10H12Cl2N2O. The molecule has 0 bridgehead atoms. The number of nitrogens with two attached hydrogens (primary N) is 1. The molecule has 5 heteroatoms. The van der Waals surface area contributed by atoms with Crippen LogP contribution in [0.15, 0.2) is 18.2 Å². The second kappa shape index (κ2) is 5.95. The lowest BCUT2D eigenvalue weighted by Crippen LogP contribution is -2.30. The van der Waals surface area contributed by atoms with E-state index in [9.17, 15) is 4.79 Å². The van der Waals surface area contributed by atoms with E-state index in [0.717, 1.165) is 5.56 Å². The number of benzene rings is 1. The predicted octanol–water partition coefficient (Wildman–Crippen LogP) is 1.61. The van der Waals surface area contributed by atoms with Gasteiger partial charge in [0.25, 0.3) is 0 Å².